The monoisotopic (exact) mass is 266 g/mol. The second-order valence-corrected chi connectivity index (χ2v) is 4.36. The van der Waals surface area contributed by atoms with Gasteiger partial charge in [-0.15, -0.1) is 0 Å². The minimum atomic E-state index is -0.852. The number of ether oxygens (including phenoxy) is 1. The molecule has 1 heterocycles. The highest BCUT2D eigenvalue weighted by atomic mass is 16.5. The first-order valence-corrected chi connectivity index (χ1v) is 6.17. The molecule has 0 fully saturated rings. The molecule has 4 nitrogen and oxygen atoms in total. The Bertz CT molecular complexity index is 657. The molecule has 0 saturated carbocycles. The number of carbonyl (C=O) groups is 1. The van der Waals surface area contributed by atoms with Crippen molar-refractivity contribution in [1.82, 2.24) is 4.98 Å². The minimum Gasteiger partial charge on any atom is -0.497 e. The number of nitriles is 1. The van der Waals surface area contributed by atoms with Gasteiger partial charge in [0.2, 0.25) is 5.78 Å². The first kappa shape index (κ1) is 13.8. The molecular formula is C16H14N2O2. The van der Waals surface area contributed by atoms with Crippen molar-refractivity contribution in [1.29, 1.82) is 5.26 Å². The molecule has 100 valence electrons. The van der Waals surface area contributed by atoms with Crippen molar-refractivity contribution in [2.75, 3.05) is 7.11 Å². The van der Waals surface area contributed by atoms with Gasteiger partial charge in [-0.05, 0) is 36.8 Å². The second kappa shape index (κ2) is 5.98. The first-order chi connectivity index (χ1) is 9.65. The van der Waals surface area contributed by atoms with Gasteiger partial charge in [-0.1, -0.05) is 18.2 Å². The van der Waals surface area contributed by atoms with Crippen LogP contribution >= 0.6 is 0 Å². The number of benzene rings is 1. The van der Waals surface area contributed by atoms with Crippen molar-refractivity contribution >= 4 is 5.78 Å². The van der Waals surface area contributed by atoms with Gasteiger partial charge in [0.1, 0.15) is 17.4 Å². The van der Waals surface area contributed by atoms with Crippen molar-refractivity contribution in [2.45, 2.75) is 12.8 Å². The zero-order chi connectivity index (χ0) is 14.5. The molecule has 0 amide bonds. The number of Topliss-reactive ketones (excluding diaryl/α,β-unsaturated/α-hetero) is 1. The van der Waals surface area contributed by atoms with E-state index in [1.807, 2.05) is 19.1 Å². The number of rotatable bonds is 4. The molecule has 1 aromatic heterocycles. The highest BCUT2D eigenvalue weighted by Gasteiger charge is 2.22. The molecule has 0 N–H and O–H groups in total. The number of nitrogens with zero attached hydrogens (tertiary/aromatic N) is 2. The van der Waals surface area contributed by atoms with Gasteiger partial charge in [0.05, 0.1) is 13.2 Å². The van der Waals surface area contributed by atoms with Gasteiger partial charge in [-0.3, -0.25) is 4.79 Å². The number of hydrogen-bond acceptors (Lipinski definition) is 4. The molecule has 1 aromatic carbocycles. The maximum atomic E-state index is 12.4. The van der Waals surface area contributed by atoms with Crippen LogP contribution in [0, 0.1) is 18.3 Å². The lowest BCUT2D eigenvalue weighted by Crippen LogP contribution is -2.13. The van der Waals surface area contributed by atoms with Crippen LogP contribution < -0.4 is 4.74 Å². The van der Waals surface area contributed by atoms with E-state index in [4.69, 9.17) is 4.74 Å². The summed E-state index contributed by atoms with van der Waals surface area (Å²) in [5.74, 6) is -0.455. The van der Waals surface area contributed by atoms with Crippen molar-refractivity contribution < 1.29 is 9.53 Å². The fraction of sp³-hybridized carbons (Fsp3) is 0.188. The van der Waals surface area contributed by atoms with Crippen molar-refractivity contribution in [3.05, 3.63) is 59.4 Å². The maximum absolute atomic E-state index is 12.4. The Hall–Kier alpha value is -2.67. The average molecular weight is 266 g/mol. The van der Waals surface area contributed by atoms with Crippen molar-refractivity contribution in [3.63, 3.8) is 0 Å². The van der Waals surface area contributed by atoms with Crippen LogP contribution in [-0.4, -0.2) is 17.9 Å². The molecule has 2 rings (SSSR count). The number of hydrogen-bond donors (Lipinski definition) is 0. The van der Waals surface area contributed by atoms with Gasteiger partial charge in [-0.2, -0.15) is 5.26 Å². The predicted octanol–water partition coefficient (Wildman–Crippen LogP) is 2.89. The molecule has 0 saturated heterocycles. The van der Waals surface area contributed by atoms with E-state index in [1.165, 1.54) is 0 Å². The van der Waals surface area contributed by atoms with Gasteiger partial charge in [0, 0.05) is 5.69 Å². The quantitative estimate of drug-likeness (QED) is 0.798. The third kappa shape index (κ3) is 2.83. The Morgan fingerprint density at radius 1 is 1.25 bits per heavy atom. The molecule has 1 atom stereocenters. The molecule has 0 radical (unpaired) electrons. The summed E-state index contributed by atoms with van der Waals surface area (Å²) in [7, 11) is 1.57. The summed E-state index contributed by atoms with van der Waals surface area (Å²) in [5.41, 5.74) is 1.70. The van der Waals surface area contributed by atoms with E-state index in [2.05, 4.69) is 4.98 Å². The topological polar surface area (TPSA) is 63.0 Å². The van der Waals surface area contributed by atoms with E-state index in [9.17, 15) is 10.1 Å². The van der Waals surface area contributed by atoms with Gasteiger partial charge in [0.15, 0.2) is 0 Å². The molecule has 0 aliphatic carbocycles. The molecule has 2 aromatic rings. The van der Waals surface area contributed by atoms with Crippen LogP contribution in [0.1, 0.15) is 27.7 Å². The maximum Gasteiger partial charge on any atom is 0.202 e. The van der Waals surface area contributed by atoms with Crippen LogP contribution in [0.25, 0.3) is 0 Å². The summed E-state index contributed by atoms with van der Waals surface area (Å²) >= 11 is 0. The average Bonchev–Trinajstić information content (AvgIpc) is 2.48. The van der Waals surface area contributed by atoms with E-state index in [0.717, 1.165) is 5.69 Å². The molecule has 0 aliphatic rings. The number of aromatic nitrogens is 1. The lowest BCUT2D eigenvalue weighted by molar-refractivity contribution is 0.0974. The lowest BCUT2D eigenvalue weighted by atomic mass is 9.94. The van der Waals surface area contributed by atoms with Crippen LogP contribution in [0.15, 0.2) is 42.5 Å². The number of aryl methyl sites for hydroxylation is 1. The minimum absolute atomic E-state index is 0.290. The Morgan fingerprint density at radius 2 is 1.95 bits per heavy atom. The van der Waals surface area contributed by atoms with Crippen LogP contribution in [0.4, 0.5) is 0 Å². The molecule has 0 aliphatic heterocycles. The fourth-order valence-corrected chi connectivity index (χ4v) is 1.91. The molecule has 0 bridgehead atoms. The summed E-state index contributed by atoms with van der Waals surface area (Å²) in [6, 6.07) is 14.2. The summed E-state index contributed by atoms with van der Waals surface area (Å²) < 4.78 is 5.06. The summed E-state index contributed by atoms with van der Waals surface area (Å²) in [5, 5.41) is 9.28. The largest absolute Gasteiger partial charge is 0.497 e. The number of ketones is 1. The normalized spacial score (nSPS) is 11.4. The highest BCUT2D eigenvalue weighted by Crippen LogP contribution is 2.22. The Morgan fingerprint density at radius 3 is 2.50 bits per heavy atom. The molecular weight excluding hydrogens is 252 g/mol. The van der Waals surface area contributed by atoms with E-state index >= 15 is 0 Å². The van der Waals surface area contributed by atoms with Crippen molar-refractivity contribution in [2.24, 2.45) is 0 Å². The third-order valence-corrected chi connectivity index (χ3v) is 2.98. The van der Waals surface area contributed by atoms with E-state index in [0.29, 0.717) is 17.0 Å². The van der Waals surface area contributed by atoms with E-state index in [1.54, 1.807) is 43.5 Å². The standard InChI is InChI=1S/C16H14N2O2/c1-11-4-3-5-15(18-11)16(19)14(10-17)12-6-8-13(20-2)9-7-12/h3-9,14H,1-2H3. The summed E-state index contributed by atoms with van der Waals surface area (Å²) in [6.45, 7) is 1.81. The van der Waals surface area contributed by atoms with Crippen LogP contribution in [0.5, 0.6) is 5.75 Å². The number of methoxy groups -OCH3 is 1. The smallest absolute Gasteiger partial charge is 0.202 e. The molecule has 4 heteroatoms. The van der Waals surface area contributed by atoms with Crippen LogP contribution in [-0.2, 0) is 0 Å². The van der Waals surface area contributed by atoms with Gasteiger partial charge in [-0.25, -0.2) is 4.98 Å². The number of carbonyl (C=O) groups excluding carboxylic acids is 1. The Labute approximate surface area is 117 Å². The zero-order valence-electron chi connectivity index (χ0n) is 11.3. The second-order valence-electron chi connectivity index (χ2n) is 4.36. The summed E-state index contributed by atoms with van der Waals surface area (Å²) in [6.07, 6.45) is 0. The Balaban J connectivity index is 2.32. The lowest BCUT2D eigenvalue weighted by Gasteiger charge is -2.09. The molecule has 1 unspecified atom stereocenters. The number of pyridine rings is 1. The molecule has 20 heavy (non-hydrogen) atoms. The third-order valence-electron chi connectivity index (χ3n) is 2.98. The van der Waals surface area contributed by atoms with E-state index < -0.39 is 5.92 Å². The Kier molecular flexibility index (Phi) is 4.11. The van der Waals surface area contributed by atoms with Crippen molar-refractivity contribution in [3.8, 4) is 11.8 Å². The SMILES string of the molecule is COc1ccc(C(C#N)C(=O)c2cccc(C)n2)cc1. The highest BCUT2D eigenvalue weighted by molar-refractivity contribution is 6.01. The first-order valence-electron chi connectivity index (χ1n) is 6.17. The van der Waals surface area contributed by atoms with Crippen LogP contribution in [0.2, 0.25) is 0 Å². The zero-order valence-corrected chi connectivity index (χ0v) is 11.3. The van der Waals surface area contributed by atoms with Gasteiger partial charge >= 0.3 is 0 Å². The van der Waals surface area contributed by atoms with Gasteiger partial charge in [0.25, 0.3) is 0 Å². The van der Waals surface area contributed by atoms with E-state index in [-0.39, 0.29) is 5.78 Å². The molecule has 0 spiro atoms. The summed E-state index contributed by atoms with van der Waals surface area (Å²) in [4.78, 5) is 16.5. The fourth-order valence-electron chi connectivity index (χ4n) is 1.91. The predicted molar refractivity (Wildman–Crippen MR) is 74.7 cm³/mol. The van der Waals surface area contributed by atoms with Crippen LogP contribution in [0.3, 0.4) is 0 Å². The van der Waals surface area contributed by atoms with Gasteiger partial charge < -0.3 is 4.74 Å².